The number of hydrogen-bond donors (Lipinski definition) is 2. The summed E-state index contributed by atoms with van der Waals surface area (Å²) >= 11 is 0. The van der Waals surface area contributed by atoms with Gasteiger partial charge in [0.25, 0.3) is 0 Å². The fourth-order valence-corrected chi connectivity index (χ4v) is 1.27. The summed E-state index contributed by atoms with van der Waals surface area (Å²) in [6.07, 6.45) is 1.02. The van der Waals surface area contributed by atoms with E-state index in [0.717, 1.165) is 12.7 Å². The van der Waals surface area contributed by atoms with Crippen LogP contribution in [-0.2, 0) is 4.43 Å². The number of rotatable bonds is 5. The smallest absolute Gasteiger partial charge is 0.186 e. The van der Waals surface area contributed by atoms with E-state index in [4.69, 9.17) is 10.2 Å². The lowest BCUT2D eigenvalue weighted by Gasteiger charge is -2.06. The van der Waals surface area contributed by atoms with E-state index in [2.05, 4.69) is 11.9 Å². The van der Waals surface area contributed by atoms with Crippen molar-refractivity contribution in [2.45, 2.75) is 6.55 Å². The zero-order chi connectivity index (χ0) is 7.11. The summed E-state index contributed by atoms with van der Waals surface area (Å²) in [5.41, 5.74) is 5.27. The zero-order valence-corrected chi connectivity index (χ0v) is 7.34. The van der Waals surface area contributed by atoms with Gasteiger partial charge in [-0.15, -0.1) is 0 Å². The van der Waals surface area contributed by atoms with E-state index in [1.54, 1.807) is 7.11 Å². The molecule has 56 valence electrons. The molecule has 0 aliphatic rings. The highest BCUT2D eigenvalue weighted by atomic mass is 28.3. The first-order valence-corrected chi connectivity index (χ1v) is 5.69. The fraction of sp³-hybridized carbons (Fsp3) is 1.00. The normalized spacial score (nSPS) is 13.7. The van der Waals surface area contributed by atoms with E-state index in [1.165, 1.54) is 0 Å². The van der Waals surface area contributed by atoms with Crippen LogP contribution in [0.1, 0.15) is 0 Å². The van der Waals surface area contributed by atoms with Gasteiger partial charge in [0.2, 0.25) is 0 Å². The molecule has 3 N–H and O–H groups in total. The van der Waals surface area contributed by atoms with Gasteiger partial charge in [-0.3, -0.25) is 0 Å². The Balaban J connectivity index is 2.88. The van der Waals surface area contributed by atoms with Gasteiger partial charge in [-0.05, 0) is 6.55 Å². The lowest BCUT2D eigenvalue weighted by Crippen LogP contribution is -2.33. The lowest BCUT2D eigenvalue weighted by atomic mass is 10.7. The third-order valence-corrected chi connectivity index (χ3v) is 2.82. The molecular weight excluding hydrogens is 132 g/mol. The molecule has 1 unspecified atom stereocenters. The molecule has 0 spiro atoms. The first-order chi connectivity index (χ1) is 4.31. The first-order valence-electron chi connectivity index (χ1n) is 3.24. The van der Waals surface area contributed by atoms with E-state index >= 15 is 0 Å². The summed E-state index contributed by atoms with van der Waals surface area (Å²) in [7, 11) is 0.885. The van der Waals surface area contributed by atoms with Gasteiger partial charge in [-0.1, -0.05) is 0 Å². The molecule has 0 rings (SSSR count). The van der Waals surface area contributed by atoms with Crippen molar-refractivity contribution in [2.24, 2.45) is 5.73 Å². The van der Waals surface area contributed by atoms with Gasteiger partial charge >= 0.3 is 0 Å². The van der Waals surface area contributed by atoms with E-state index in [-0.39, 0.29) is 0 Å². The van der Waals surface area contributed by atoms with Crippen LogP contribution in [0.25, 0.3) is 0 Å². The Hall–Kier alpha value is 0.0969. The van der Waals surface area contributed by atoms with Crippen LogP contribution in [0.3, 0.4) is 0 Å². The maximum absolute atomic E-state index is 5.27. The molecule has 3 nitrogen and oxygen atoms in total. The highest BCUT2D eigenvalue weighted by molar-refractivity contribution is 6.50. The van der Waals surface area contributed by atoms with Crippen LogP contribution in [0.4, 0.5) is 0 Å². The van der Waals surface area contributed by atoms with Gasteiger partial charge in [0, 0.05) is 26.4 Å². The van der Waals surface area contributed by atoms with Gasteiger partial charge in [0.1, 0.15) is 0 Å². The second-order valence-corrected chi connectivity index (χ2v) is 4.54. The molecule has 0 radical (unpaired) electrons. The zero-order valence-electron chi connectivity index (χ0n) is 6.18. The fourth-order valence-electron chi connectivity index (χ4n) is 0.491. The largest absolute Gasteiger partial charge is 0.422 e. The predicted octanol–water partition coefficient (Wildman–Crippen LogP) is -0.926. The second kappa shape index (κ2) is 6.22. The summed E-state index contributed by atoms with van der Waals surface area (Å²) < 4.78 is 5.13. The van der Waals surface area contributed by atoms with E-state index in [9.17, 15) is 0 Å². The summed E-state index contributed by atoms with van der Waals surface area (Å²) in [6, 6.07) is 0. The molecule has 0 aromatic carbocycles. The Morgan fingerprint density at radius 3 is 2.78 bits per heavy atom. The minimum Gasteiger partial charge on any atom is -0.422 e. The van der Waals surface area contributed by atoms with Gasteiger partial charge in [0.05, 0.1) is 0 Å². The minimum atomic E-state index is -0.880. The molecule has 1 atom stereocenters. The molecule has 0 heterocycles. The molecule has 0 saturated heterocycles. The Labute approximate surface area is 58.3 Å². The third-order valence-electron chi connectivity index (χ3n) is 1.16. The predicted molar refractivity (Wildman–Crippen MR) is 41.9 cm³/mol. The highest BCUT2D eigenvalue weighted by Gasteiger charge is 1.98. The number of hydrogen-bond acceptors (Lipinski definition) is 3. The van der Waals surface area contributed by atoms with Crippen LogP contribution in [0.15, 0.2) is 0 Å². The van der Waals surface area contributed by atoms with E-state index in [1.807, 2.05) is 0 Å². The van der Waals surface area contributed by atoms with Crippen molar-refractivity contribution in [3.8, 4) is 0 Å². The molecule has 0 fully saturated rings. The number of nitrogens with two attached hydrogens (primary N) is 1. The monoisotopic (exact) mass is 148 g/mol. The van der Waals surface area contributed by atoms with Gasteiger partial charge < -0.3 is 15.5 Å². The van der Waals surface area contributed by atoms with Crippen LogP contribution >= 0.6 is 0 Å². The maximum Gasteiger partial charge on any atom is 0.186 e. The molecule has 0 bridgehead atoms. The number of nitrogens with one attached hydrogen (secondary N) is 1. The first kappa shape index (κ1) is 9.10. The van der Waals surface area contributed by atoms with Crippen molar-refractivity contribution in [3.63, 3.8) is 0 Å². The van der Waals surface area contributed by atoms with Gasteiger partial charge in [-0.2, -0.15) is 0 Å². The van der Waals surface area contributed by atoms with Gasteiger partial charge in [-0.25, -0.2) is 0 Å². The average Bonchev–Trinajstić information content (AvgIpc) is 1.89. The Morgan fingerprint density at radius 2 is 2.33 bits per heavy atom. The van der Waals surface area contributed by atoms with E-state index in [0.29, 0.717) is 6.54 Å². The van der Waals surface area contributed by atoms with Gasteiger partial charge in [0.15, 0.2) is 9.04 Å². The Kier molecular flexibility index (Phi) is 6.29. The maximum atomic E-state index is 5.27. The van der Waals surface area contributed by atoms with Crippen molar-refractivity contribution in [1.82, 2.24) is 5.32 Å². The lowest BCUT2D eigenvalue weighted by molar-refractivity contribution is 0.420. The molecular formula is C5H16N2OSi. The van der Waals surface area contributed by atoms with Crippen molar-refractivity contribution >= 4 is 9.04 Å². The van der Waals surface area contributed by atoms with Crippen LogP contribution < -0.4 is 11.1 Å². The molecule has 9 heavy (non-hydrogen) atoms. The molecule has 0 saturated carbocycles. The average molecular weight is 148 g/mol. The van der Waals surface area contributed by atoms with Crippen molar-refractivity contribution in [2.75, 3.05) is 26.4 Å². The molecule has 0 aliphatic carbocycles. The second-order valence-electron chi connectivity index (χ2n) is 2.04. The Morgan fingerprint density at radius 1 is 1.67 bits per heavy atom. The molecule has 0 aliphatic heterocycles. The van der Waals surface area contributed by atoms with Crippen LogP contribution in [0.2, 0.25) is 6.55 Å². The summed E-state index contributed by atoms with van der Waals surface area (Å²) in [6.45, 7) is 3.77. The van der Waals surface area contributed by atoms with E-state index < -0.39 is 9.04 Å². The van der Waals surface area contributed by atoms with Crippen LogP contribution in [0, 0.1) is 0 Å². The van der Waals surface area contributed by atoms with Crippen molar-refractivity contribution < 1.29 is 4.43 Å². The SMILES string of the molecule is CO[SiH](C)CNCCN. The standard InChI is InChI=1S/C5H16N2OSi/c1-8-9(2)5-7-4-3-6/h7,9H,3-6H2,1-2H3. The summed E-state index contributed by atoms with van der Waals surface area (Å²) in [5, 5.41) is 3.20. The molecule has 0 amide bonds. The quantitative estimate of drug-likeness (QED) is 0.391. The van der Waals surface area contributed by atoms with Crippen LogP contribution in [0.5, 0.6) is 0 Å². The molecule has 0 aromatic heterocycles. The highest BCUT2D eigenvalue weighted by Crippen LogP contribution is 1.76. The minimum absolute atomic E-state index is 0.713. The van der Waals surface area contributed by atoms with Crippen molar-refractivity contribution in [3.05, 3.63) is 0 Å². The third kappa shape index (κ3) is 5.98. The van der Waals surface area contributed by atoms with Crippen molar-refractivity contribution in [1.29, 1.82) is 0 Å². The van der Waals surface area contributed by atoms with Crippen LogP contribution in [-0.4, -0.2) is 35.4 Å². The molecule has 4 heteroatoms. The topological polar surface area (TPSA) is 47.3 Å². The summed E-state index contributed by atoms with van der Waals surface area (Å²) in [4.78, 5) is 0. The summed E-state index contributed by atoms with van der Waals surface area (Å²) in [5.74, 6) is 0. The Bertz CT molecular complexity index is 62.9. The molecule has 0 aromatic rings.